The molecule has 0 aliphatic carbocycles. The summed E-state index contributed by atoms with van der Waals surface area (Å²) in [6, 6.07) is 8.98. The maximum absolute atomic E-state index is 12.3. The molecule has 0 radical (unpaired) electrons. The topological polar surface area (TPSA) is 59.1 Å². The Labute approximate surface area is 148 Å². The summed E-state index contributed by atoms with van der Waals surface area (Å²) in [6.07, 6.45) is 0.295. The summed E-state index contributed by atoms with van der Waals surface area (Å²) in [6.45, 7) is 10.9. The van der Waals surface area contributed by atoms with Crippen molar-refractivity contribution < 1.29 is 19.1 Å². The molecule has 0 atom stereocenters. The van der Waals surface area contributed by atoms with E-state index in [0.29, 0.717) is 37.4 Å². The molecule has 0 saturated carbocycles. The third-order valence-corrected chi connectivity index (χ3v) is 4.71. The van der Waals surface area contributed by atoms with Gasteiger partial charge in [0.2, 0.25) is 0 Å². The fraction of sp³-hybridized carbons (Fsp3) is 0.474. The van der Waals surface area contributed by atoms with Crippen molar-refractivity contribution in [3.63, 3.8) is 0 Å². The van der Waals surface area contributed by atoms with Crippen LogP contribution in [0.3, 0.4) is 0 Å². The third-order valence-electron chi connectivity index (χ3n) is 4.71. The van der Waals surface area contributed by atoms with Gasteiger partial charge in [-0.2, -0.15) is 0 Å². The Bertz CT molecular complexity index is 685. The number of ether oxygens (including phenoxy) is 2. The molecule has 2 aliphatic rings. The fourth-order valence-electron chi connectivity index (χ4n) is 3.36. The summed E-state index contributed by atoms with van der Waals surface area (Å²) in [5, 5.41) is 0. The summed E-state index contributed by atoms with van der Waals surface area (Å²) in [5.41, 5.74) is -0.421. The van der Waals surface area contributed by atoms with Crippen molar-refractivity contribution in [2.45, 2.75) is 44.8 Å². The van der Waals surface area contributed by atoms with Crippen LogP contribution >= 0.6 is 0 Å². The number of piperidine rings is 1. The van der Waals surface area contributed by atoms with Crippen molar-refractivity contribution in [1.82, 2.24) is 9.80 Å². The summed E-state index contributed by atoms with van der Waals surface area (Å²) in [4.78, 5) is 27.9. The molecule has 3 rings (SSSR count). The Kier molecular flexibility index (Phi) is 4.22. The van der Waals surface area contributed by atoms with Crippen LogP contribution < -0.4 is 4.74 Å². The van der Waals surface area contributed by atoms with Crippen LogP contribution in [-0.2, 0) is 4.74 Å². The van der Waals surface area contributed by atoms with Crippen molar-refractivity contribution in [2.75, 3.05) is 13.1 Å². The van der Waals surface area contributed by atoms with E-state index in [1.807, 2.05) is 39.0 Å². The van der Waals surface area contributed by atoms with Gasteiger partial charge in [-0.05, 0) is 32.9 Å². The number of benzene rings is 1. The number of carbonyl (C=O) groups excluding carboxylic acids is 2. The van der Waals surface area contributed by atoms with Gasteiger partial charge >= 0.3 is 12.2 Å². The van der Waals surface area contributed by atoms with E-state index in [9.17, 15) is 9.59 Å². The zero-order valence-electron chi connectivity index (χ0n) is 14.9. The van der Waals surface area contributed by atoms with Crippen LogP contribution in [0.1, 0.15) is 33.6 Å². The van der Waals surface area contributed by atoms with E-state index in [-0.39, 0.29) is 17.7 Å². The molecule has 0 unspecified atom stereocenters. The number of likely N-dealkylation sites (tertiary alicyclic amines) is 1. The van der Waals surface area contributed by atoms with Gasteiger partial charge in [0.15, 0.2) is 5.60 Å². The summed E-state index contributed by atoms with van der Waals surface area (Å²) in [5.74, 6) is 0.517. The van der Waals surface area contributed by atoms with Gasteiger partial charge in [-0.15, -0.1) is 0 Å². The van der Waals surface area contributed by atoms with E-state index in [1.165, 1.54) is 0 Å². The van der Waals surface area contributed by atoms with Crippen LogP contribution in [0.5, 0.6) is 5.75 Å². The normalized spacial score (nSPS) is 20.0. The average molecular weight is 344 g/mol. The average Bonchev–Trinajstić information content (AvgIpc) is 2.79. The van der Waals surface area contributed by atoms with Crippen LogP contribution in [0, 0.1) is 0 Å². The monoisotopic (exact) mass is 344 g/mol. The Morgan fingerprint density at radius 1 is 1.20 bits per heavy atom. The maximum Gasteiger partial charge on any atom is 0.415 e. The highest BCUT2D eigenvalue weighted by molar-refractivity contribution is 5.76. The molecule has 2 heterocycles. The van der Waals surface area contributed by atoms with E-state index in [2.05, 4.69) is 6.58 Å². The number of hydrogen-bond acceptors (Lipinski definition) is 4. The van der Waals surface area contributed by atoms with E-state index in [0.717, 1.165) is 0 Å². The summed E-state index contributed by atoms with van der Waals surface area (Å²) < 4.78 is 11.1. The van der Waals surface area contributed by atoms with E-state index in [1.54, 1.807) is 21.9 Å². The molecule has 1 aromatic carbocycles. The minimum atomic E-state index is -0.714. The highest BCUT2D eigenvalue weighted by Crippen LogP contribution is 2.43. The van der Waals surface area contributed by atoms with Crippen molar-refractivity contribution in [2.24, 2.45) is 0 Å². The molecular weight excluding hydrogens is 320 g/mol. The quantitative estimate of drug-likeness (QED) is 0.778. The molecule has 0 bridgehead atoms. The van der Waals surface area contributed by atoms with Crippen LogP contribution in [-0.4, -0.2) is 46.2 Å². The van der Waals surface area contributed by atoms with Crippen LogP contribution in [0.2, 0.25) is 0 Å². The summed E-state index contributed by atoms with van der Waals surface area (Å²) >= 11 is 0. The molecule has 2 aliphatic heterocycles. The molecule has 2 fully saturated rings. The van der Waals surface area contributed by atoms with Crippen LogP contribution in [0.25, 0.3) is 0 Å². The van der Waals surface area contributed by atoms with Crippen molar-refractivity contribution >= 4 is 12.2 Å². The standard InChI is InChI=1S/C19H24N2O4/c1-14-19(25-17(23)21(14)18(2,3)4)10-12-20(13-11-19)16(22)24-15-8-6-5-7-9-15/h5-9H,1,10-13H2,2-4H3. The van der Waals surface area contributed by atoms with Crippen molar-refractivity contribution in [3.05, 3.63) is 42.6 Å². The number of carbonyl (C=O) groups is 2. The van der Waals surface area contributed by atoms with Gasteiger partial charge in [0.05, 0.1) is 5.70 Å². The van der Waals surface area contributed by atoms with Gasteiger partial charge in [0.1, 0.15) is 5.75 Å². The second-order valence-corrected chi connectivity index (χ2v) is 7.48. The number of hydrogen-bond donors (Lipinski definition) is 0. The minimum Gasteiger partial charge on any atom is -0.436 e. The molecule has 6 heteroatoms. The minimum absolute atomic E-state index is 0.363. The first kappa shape index (κ1) is 17.3. The Morgan fingerprint density at radius 3 is 2.32 bits per heavy atom. The molecular formula is C19H24N2O4. The lowest BCUT2D eigenvalue weighted by atomic mass is 9.87. The second-order valence-electron chi connectivity index (χ2n) is 7.48. The predicted octanol–water partition coefficient (Wildman–Crippen LogP) is 3.78. The largest absolute Gasteiger partial charge is 0.436 e. The zero-order valence-corrected chi connectivity index (χ0v) is 14.9. The third kappa shape index (κ3) is 3.21. The first-order valence-electron chi connectivity index (χ1n) is 8.47. The Balaban J connectivity index is 1.65. The van der Waals surface area contributed by atoms with E-state index < -0.39 is 5.60 Å². The van der Waals surface area contributed by atoms with Crippen LogP contribution in [0.15, 0.2) is 42.6 Å². The number of nitrogens with zero attached hydrogens (tertiary/aromatic N) is 2. The molecule has 0 aromatic heterocycles. The lowest BCUT2D eigenvalue weighted by Crippen LogP contribution is -2.49. The van der Waals surface area contributed by atoms with Gasteiger partial charge < -0.3 is 14.4 Å². The first-order valence-corrected chi connectivity index (χ1v) is 8.47. The Hall–Kier alpha value is -2.50. The molecule has 1 spiro atoms. The van der Waals surface area contributed by atoms with E-state index >= 15 is 0 Å². The Morgan fingerprint density at radius 2 is 1.80 bits per heavy atom. The zero-order chi connectivity index (χ0) is 18.2. The lowest BCUT2D eigenvalue weighted by molar-refractivity contribution is 0.0185. The van der Waals surface area contributed by atoms with Crippen molar-refractivity contribution in [3.8, 4) is 5.75 Å². The molecule has 25 heavy (non-hydrogen) atoms. The van der Waals surface area contributed by atoms with Gasteiger partial charge in [-0.3, -0.25) is 4.90 Å². The predicted molar refractivity (Wildman–Crippen MR) is 93.2 cm³/mol. The highest BCUT2D eigenvalue weighted by atomic mass is 16.6. The molecule has 2 saturated heterocycles. The smallest absolute Gasteiger partial charge is 0.415 e. The first-order chi connectivity index (χ1) is 11.7. The SMILES string of the molecule is C=C1N(C(C)(C)C)C(=O)OC12CCN(C(=O)Oc1ccccc1)CC2. The number of rotatable bonds is 1. The molecule has 0 N–H and O–H groups in total. The number of para-hydroxylation sites is 1. The molecule has 6 nitrogen and oxygen atoms in total. The fourth-order valence-corrected chi connectivity index (χ4v) is 3.36. The molecule has 134 valence electrons. The van der Waals surface area contributed by atoms with E-state index in [4.69, 9.17) is 9.47 Å². The van der Waals surface area contributed by atoms with Crippen molar-refractivity contribution in [1.29, 1.82) is 0 Å². The number of amides is 2. The maximum atomic E-state index is 12.3. The summed E-state index contributed by atoms with van der Waals surface area (Å²) in [7, 11) is 0. The second kappa shape index (κ2) is 6.10. The lowest BCUT2D eigenvalue weighted by Gasteiger charge is -2.39. The van der Waals surface area contributed by atoms with Gasteiger partial charge in [-0.25, -0.2) is 9.59 Å². The van der Waals surface area contributed by atoms with Gasteiger partial charge in [0.25, 0.3) is 0 Å². The molecule has 2 amide bonds. The highest BCUT2D eigenvalue weighted by Gasteiger charge is 2.53. The molecule has 1 aromatic rings. The van der Waals surface area contributed by atoms with Gasteiger partial charge in [-0.1, -0.05) is 24.8 Å². The van der Waals surface area contributed by atoms with Gasteiger partial charge in [0, 0.05) is 31.5 Å². The van der Waals surface area contributed by atoms with Crippen LogP contribution in [0.4, 0.5) is 9.59 Å².